The van der Waals surface area contributed by atoms with E-state index < -0.39 is 0 Å². The van der Waals surface area contributed by atoms with Gasteiger partial charge in [-0.25, -0.2) is 0 Å². The highest BCUT2D eigenvalue weighted by atomic mass is 79.9. The first-order valence-corrected chi connectivity index (χ1v) is 8.52. The van der Waals surface area contributed by atoms with Crippen molar-refractivity contribution >= 4 is 15.9 Å². The van der Waals surface area contributed by atoms with Crippen LogP contribution in [0.1, 0.15) is 5.56 Å². The van der Waals surface area contributed by atoms with E-state index in [4.69, 9.17) is 14.2 Å². The Balaban J connectivity index is 1.59. The number of benzene rings is 2. The summed E-state index contributed by atoms with van der Waals surface area (Å²) >= 11 is 3.56. The Kier molecular flexibility index (Phi) is 4.27. The number of rotatable bonds is 4. The average molecular weight is 403 g/mol. The minimum absolute atomic E-state index is 0.466. The minimum atomic E-state index is 0.466. The summed E-state index contributed by atoms with van der Waals surface area (Å²) in [5.74, 6) is 2.78. The van der Waals surface area contributed by atoms with E-state index in [0.29, 0.717) is 25.6 Å². The molecular formula is C17H15BrN4O3. The van der Waals surface area contributed by atoms with Crippen LogP contribution in [0.25, 0.3) is 11.4 Å². The number of hydrogen-bond acceptors (Lipinski definition) is 6. The van der Waals surface area contributed by atoms with Gasteiger partial charge in [-0.15, -0.1) is 10.2 Å². The molecule has 0 amide bonds. The highest BCUT2D eigenvalue weighted by Gasteiger charge is 2.16. The topological polar surface area (TPSA) is 71.3 Å². The molecule has 0 N–H and O–H groups in total. The minimum Gasteiger partial charge on any atom is -0.497 e. The molecule has 4 rings (SSSR count). The van der Waals surface area contributed by atoms with Crippen molar-refractivity contribution in [3.05, 3.63) is 46.4 Å². The first-order valence-electron chi connectivity index (χ1n) is 7.73. The summed E-state index contributed by atoms with van der Waals surface area (Å²) in [7, 11) is 1.63. The van der Waals surface area contributed by atoms with Crippen molar-refractivity contribution in [2.75, 3.05) is 20.3 Å². The molecule has 25 heavy (non-hydrogen) atoms. The van der Waals surface area contributed by atoms with Gasteiger partial charge in [-0.2, -0.15) is 4.80 Å². The van der Waals surface area contributed by atoms with E-state index in [2.05, 4.69) is 31.3 Å². The van der Waals surface area contributed by atoms with Crippen molar-refractivity contribution in [3.8, 4) is 28.6 Å². The Morgan fingerprint density at radius 1 is 1.16 bits per heavy atom. The molecule has 0 saturated heterocycles. The molecule has 0 radical (unpaired) electrons. The van der Waals surface area contributed by atoms with E-state index in [-0.39, 0.29) is 0 Å². The van der Waals surface area contributed by atoms with Crippen LogP contribution < -0.4 is 14.2 Å². The summed E-state index contributed by atoms with van der Waals surface area (Å²) in [5.41, 5.74) is 1.84. The second-order valence-corrected chi connectivity index (χ2v) is 6.32. The zero-order valence-corrected chi connectivity index (χ0v) is 15.1. The Labute approximate surface area is 152 Å². The van der Waals surface area contributed by atoms with Gasteiger partial charge in [-0.3, -0.25) is 0 Å². The van der Waals surface area contributed by atoms with Crippen LogP contribution in [0.5, 0.6) is 17.2 Å². The number of aromatic nitrogens is 4. The molecule has 0 atom stereocenters. The van der Waals surface area contributed by atoms with Crippen molar-refractivity contribution in [3.63, 3.8) is 0 Å². The zero-order valence-electron chi connectivity index (χ0n) is 13.5. The van der Waals surface area contributed by atoms with Gasteiger partial charge in [0.1, 0.15) is 19.0 Å². The molecule has 128 valence electrons. The maximum absolute atomic E-state index is 5.63. The normalized spacial score (nSPS) is 12.9. The zero-order chi connectivity index (χ0) is 17.2. The highest BCUT2D eigenvalue weighted by molar-refractivity contribution is 9.10. The van der Waals surface area contributed by atoms with Crippen molar-refractivity contribution in [1.82, 2.24) is 20.2 Å². The van der Waals surface area contributed by atoms with E-state index in [1.165, 1.54) is 0 Å². The Hall–Kier alpha value is -2.61. The molecule has 2 aromatic carbocycles. The number of nitrogens with zero attached hydrogens (tertiary/aromatic N) is 4. The maximum Gasteiger partial charge on any atom is 0.205 e. The van der Waals surface area contributed by atoms with E-state index in [9.17, 15) is 0 Å². The Bertz CT molecular complexity index is 913. The second-order valence-electron chi connectivity index (χ2n) is 5.46. The number of tetrazole rings is 1. The van der Waals surface area contributed by atoms with Gasteiger partial charge < -0.3 is 14.2 Å². The third-order valence-electron chi connectivity index (χ3n) is 3.80. The van der Waals surface area contributed by atoms with Gasteiger partial charge in [0, 0.05) is 10.0 Å². The Morgan fingerprint density at radius 2 is 1.96 bits per heavy atom. The predicted octanol–water partition coefficient (Wildman–Crippen LogP) is 2.93. The fraction of sp³-hybridized carbons (Fsp3) is 0.235. The molecule has 8 heteroatoms. The smallest absolute Gasteiger partial charge is 0.205 e. The standard InChI is InChI=1S/C17H15BrN4O3/c1-23-13-4-2-3-11(7-13)17-19-21-22(20-17)10-12-8-15-16(9-14(12)18)25-6-5-24-15/h2-4,7-9H,5-6,10H2,1H3. The maximum atomic E-state index is 5.63. The summed E-state index contributed by atoms with van der Waals surface area (Å²) in [6.45, 7) is 1.58. The second kappa shape index (κ2) is 6.72. The van der Waals surface area contributed by atoms with Crippen molar-refractivity contribution in [2.24, 2.45) is 0 Å². The van der Waals surface area contributed by atoms with Gasteiger partial charge in [0.05, 0.1) is 13.7 Å². The van der Waals surface area contributed by atoms with Gasteiger partial charge in [0.2, 0.25) is 5.82 Å². The molecule has 0 saturated carbocycles. The summed E-state index contributed by atoms with van der Waals surface area (Å²) in [6, 6.07) is 11.4. The first-order chi connectivity index (χ1) is 12.2. The van der Waals surface area contributed by atoms with Crippen LogP contribution in [-0.2, 0) is 6.54 Å². The van der Waals surface area contributed by atoms with Gasteiger partial charge in [-0.1, -0.05) is 28.1 Å². The van der Waals surface area contributed by atoms with Gasteiger partial charge >= 0.3 is 0 Å². The number of fused-ring (bicyclic) bond motifs is 1. The molecule has 3 aromatic rings. The molecule has 0 spiro atoms. The summed E-state index contributed by atoms with van der Waals surface area (Å²) < 4.78 is 17.4. The SMILES string of the molecule is COc1cccc(-c2nnn(Cc3cc4c(cc3Br)OCCO4)n2)c1. The van der Waals surface area contributed by atoms with Gasteiger partial charge in [-0.05, 0) is 35.0 Å². The van der Waals surface area contributed by atoms with E-state index in [1.54, 1.807) is 11.9 Å². The molecule has 0 aliphatic carbocycles. The van der Waals surface area contributed by atoms with Gasteiger partial charge in [0.15, 0.2) is 11.5 Å². The lowest BCUT2D eigenvalue weighted by molar-refractivity contribution is 0.171. The monoisotopic (exact) mass is 402 g/mol. The first kappa shape index (κ1) is 15.9. The number of methoxy groups -OCH3 is 1. The molecular weight excluding hydrogens is 388 g/mol. The van der Waals surface area contributed by atoms with Crippen molar-refractivity contribution in [1.29, 1.82) is 0 Å². The van der Waals surface area contributed by atoms with Crippen LogP contribution in [0.3, 0.4) is 0 Å². The quantitative estimate of drug-likeness (QED) is 0.667. The lowest BCUT2D eigenvalue weighted by atomic mass is 10.2. The van der Waals surface area contributed by atoms with Crippen LogP contribution in [0.15, 0.2) is 40.9 Å². The van der Waals surface area contributed by atoms with E-state index in [1.807, 2.05) is 36.4 Å². The third kappa shape index (κ3) is 3.30. The lowest BCUT2D eigenvalue weighted by Gasteiger charge is -2.19. The molecule has 0 bridgehead atoms. The van der Waals surface area contributed by atoms with Crippen LogP contribution in [-0.4, -0.2) is 40.5 Å². The molecule has 1 aliphatic heterocycles. The average Bonchev–Trinajstić information content (AvgIpc) is 3.11. The summed E-state index contributed by atoms with van der Waals surface area (Å²) in [4.78, 5) is 1.55. The van der Waals surface area contributed by atoms with Crippen LogP contribution >= 0.6 is 15.9 Å². The van der Waals surface area contributed by atoms with Crippen LogP contribution in [0.4, 0.5) is 0 Å². The summed E-state index contributed by atoms with van der Waals surface area (Å²) in [5, 5.41) is 12.7. The van der Waals surface area contributed by atoms with Crippen molar-refractivity contribution < 1.29 is 14.2 Å². The number of hydrogen-bond donors (Lipinski definition) is 0. The van der Waals surface area contributed by atoms with E-state index in [0.717, 1.165) is 32.8 Å². The number of ether oxygens (including phenoxy) is 3. The lowest BCUT2D eigenvalue weighted by Crippen LogP contribution is -2.16. The molecule has 7 nitrogen and oxygen atoms in total. The fourth-order valence-corrected chi connectivity index (χ4v) is 3.02. The highest BCUT2D eigenvalue weighted by Crippen LogP contribution is 2.35. The van der Waals surface area contributed by atoms with Crippen molar-refractivity contribution in [2.45, 2.75) is 6.54 Å². The molecule has 2 heterocycles. The third-order valence-corrected chi connectivity index (χ3v) is 4.54. The van der Waals surface area contributed by atoms with Gasteiger partial charge in [0.25, 0.3) is 0 Å². The summed E-state index contributed by atoms with van der Waals surface area (Å²) in [6.07, 6.45) is 0. The number of halogens is 1. The van der Waals surface area contributed by atoms with Crippen LogP contribution in [0, 0.1) is 0 Å². The molecule has 0 unspecified atom stereocenters. The molecule has 0 fully saturated rings. The largest absolute Gasteiger partial charge is 0.497 e. The predicted molar refractivity (Wildman–Crippen MR) is 94.0 cm³/mol. The van der Waals surface area contributed by atoms with E-state index >= 15 is 0 Å². The fourth-order valence-electron chi connectivity index (χ4n) is 2.57. The molecule has 1 aromatic heterocycles. The molecule has 1 aliphatic rings. The Morgan fingerprint density at radius 3 is 2.76 bits per heavy atom. The van der Waals surface area contributed by atoms with Crippen LogP contribution in [0.2, 0.25) is 0 Å².